The van der Waals surface area contributed by atoms with Gasteiger partial charge in [0.25, 0.3) is 0 Å². The van der Waals surface area contributed by atoms with Gasteiger partial charge in [-0.2, -0.15) is 0 Å². The van der Waals surface area contributed by atoms with E-state index in [1.54, 1.807) is 11.3 Å². The molecule has 1 atom stereocenters. The molecule has 25 heavy (non-hydrogen) atoms. The maximum atomic E-state index is 6.33. The van der Waals surface area contributed by atoms with E-state index in [9.17, 15) is 0 Å². The number of thiophene rings is 1. The minimum absolute atomic E-state index is 0.169. The van der Waals surface area contributed by atoms with E-state index >= 15 is 0 Å². The Labute approximate surface area is 151 Å². The van der Waals surface area contributed by atoms with Crippen molar-refractivity contribution in [3.05, 3.63) is 64.7 Å². The minimum Gasteiger partial charge on any atom is -0.383 e. The van der Waals surface area contributed by atoms with Gasteiger partial charge in [0.1, 0.15) is 11.5 Å². The van der Waals surface area contributed by atoms with Crippen LogP contribution in [0.15, 0.2) is 47.8 Å². The highest BCUT2D eigenvalue weighted by Crippen LogP contribution is 2.34. The van der Waals surface area contributed by atoms with Crippen LogP contribution < -0.4 is 5.73 Å². The van der Waals surface area contributed by atoms with E-state index in [2.05, 4.69) is 54.6 Å². The monoisotopic (exact) mass is 348 g/mol. The van der Waals surface area contributed by atoms with Gasteiger partial charge in [-0.25, -0.2) is 9.97 Å². The summed E-state index contributed by atoms with van der Waals surface area (Å²) in [5, 5.41) is 2.99. The third-order valence-electron chi connectivity index (χ3n) is 4.84. The van der Waals surface area contributed by atoms with Crippen molar-refractivity contribution in [1.82, 2.24) is 14.5 Å². The molecule has 0 radical (unpaired) electrons. The third-order valence-corrected chi connectivity index (χ3v) is 5.70. The Morgan fingerprint density at radius 2 is 1.80 bits per heavy atom. The van der Waals surface area contributed by atoms with Gasteiger partial charge >= 0.3 is 0 Å². The third kappa shape index (κ3) is 2.51. The number of anilines is 1. The number of hydrogen-bond acceptors (Lipinski definition) is 4. The zero-order valence-electron chi connectivity index (χ0n) is 14.5. The van der Waals surface area contributed by atoms with E-state index in [0.29, 0.717) is 11.6 Å². The topological polar surface area (TPSA) is 56.7 Å². The van der Waals surface area contributed by atoms with E-state index in [0.717, 1.165) is 21.5 Å². The quantitative estimate of drug-likeness (QED) is 0.569. The molecule has 0 aliphatic heterocycles. The van der Waals surface area contributed by atoms with E-state index < -0.39 is 0 Å². The molecule has 4 aromatic rings. The Morgan fingerprint density at radius 3 is 2.48 bits per heavy atom. The molecule has 0 spiro atoms. The largest absolute Gasteiger partial charge is 0.383 e. The van der Waals surface area contributed by atoms with Crippen molar-refractivity contribution in [1.29, 1.82) is 0 Å². The maximum absolute atomic E-state index is 6.33. The average Bonchev–Trinajstić information content (AvgIpc) is 3.23. The molecule has 0 aliphatic carbocycles. The summed E-state index contributed by atoms with van der Waals surface area (Å²) in [6.45, 7) is 6.42. The molecule has 126 valence electrons. The number of benzene rings is 1. The highest BCUT2D eigenvalue weighted by molar-refractivity contribution is 7.13. The molecular weight excluding hydrogens is 328 g/mol. The number of aromatic nitrogens is 3. The molecule has 2 N–H and O–H groups in total. The zero-order valence-corrected chi connectivity index (χ0v) is 15.3. The van der Waals surface area contributed by atoms with Crippen LogP contribution in [-0.2, 0) is 0 Å². The summed E-state index contributed by atoms with van der Waals surface area (Å²) in [6.07, 6.45) is 0. The van der Waals surface area contributed by atoms with Crippen molar-refractivity contribution in [2.45, 2.75) is 26.8 Å². The first kappa shape index (κ1) is 15.8. The lowest BCUT2D eigenvalue weighted by Gasteiger charge is -2.18. The van der Waals surface area contributed by atoms with Gasteiger partial charge in [-0.15, -0.1) is 11.3 Å². The second-order valence-electron chi connectivity index (χ2n) is 6.28. The van der Waals surface area contributed by atoms with E-state index in [4.69, 9.17) is 10.7 Å². The highest BCUT2D eigenvalue weighted by atomic mass is 32.1. The van der Waals surface area contributed by atoms with E-state index in [1.165, 1.54) is 11.3 Å². The molecule has 0 saturated heterocycles. The lowest BCUT2D eigenvalue weighted by atomic mass is 10.1. The van der Waals surface area contributed by atoms with Crippen LogP contribution in [0, 0.1) is 13.8 Å². The number of nitrogen functional groups attached to an aromatic ring is 1. The van der Waals surface area contributed by atoms with Gasteiger partial charge in [-0.3, -0.25) is 0 Å². The molecule has 3 heterocycles. The lowest BCUT2D eigenvalue weighted by molar-refractivity contribution is 0.639. The molecule has 0 bridgehead atoms. The normalized spacial score (nSPS) is 12.6. The number of nitrogens with two attached hydrogens (primary N) is 1. The van der Waals surface area contributed by atoms with Gasteiger partial charge in [0.05, 0.1) is 16.3 Å². The van der Waals surface area contributed by atoms with Crippen LogP contribution in [0.5, 0.6) is 0 Å². The second-order valence-corrected chi connectivity index (χ2v) is 7.22. The average molecular weight is 348 g/mol. The summed E-state index contributed by atoms with van der Waals surface area (Å²) in [5.74, 6) is 1.24. The number of aryl methyl sites for hydroxylation is 1. The Kier molecular flexibility index (Phi) is 3.81. The molecular formula is C20H20N4S. The summed E-state index contributed by atoms with van der Waals surface area (Å²) in [5.41, 5.74) is 10.8. The number of hydrogen-bond donors (Lipinski definition) is 1. The van der Waals surface area contributed by atoms with Gasteiger partial charge < -0.3 is 10.3 Å². The molecule has 0 aliphatic rings. The van der Waals surface area contributed by atoms with Gasteiger partial charge in [0.2, 0.25) is 0 Å². The Hall–Kier alpha value is -2.66. The van der Waals surface area contributed by atoms with Crippen LogP contribution in [-0.4, -0.2) is 14.5 Å². The predicted octanol–water partition coefficient (Wildman–Crippen LogP) is 4.97. The van der Waals surface area contributed by atoms with Gasteiger partial charge in [-0.05, 0) is 43.3 Å². The zero-order chi connectivity index (χ0) is 17.6. The van der Waals surface area contributed by atoms with E-state index in [-0.39, 0.29) is 6.04 Å². The molecule has 0 amide bonds. The second kappa shape index (κ2) is 6.01. The number of rotatable bonds is 3. The van der Waals surface area contributed by atoms with Crippen molar-refractivity contribution in [3.8, 4) is 10.7 Å². The molecule has 3 aromatic heterocycles. The maximum Gasteiger partial charge on any atom is 0.173 e. The van der Waals surface area contributed by atoms with E-state index in [1.807, 2.05) is 23.6 Å². The first-order valence-corrected chi connectivity index (χ1v) is 9.19. The molecule has 1 aromatic carbocycles. The van der Waals surface area contributed by atoms with Gasteiger partial charge in [-0.1, -0.05) is 36.4 Å². The predicted molar refractivity (Wildman–Crippen MR) is 105 cm³/mol. The highest BCUT2D eigenvalue weighted by Gasteiger charge is 2.21. The minimum atomic E-state index is 0.169. The molecule has 4 nitrogen and oxygen atoms in total. The Bertz CT molecular complexity index is 1030. The summed E-state index contributed by atoms with van der Waals surface area (Å²) in [6, 6.07) is 14.7. The molecule has 0 unspecified atom stereocenters. The summed E-state index contributed by atoms with van der Waals surface area (Å²) in [4.78, 5) is 10.5. The van der Waals surface area contributed by atoms with Crippen molar-refractivity contribution in [2.75, 3.05) is 5.73 Å². The fourth-order valence-corrected chi connectivity index (χ4v) is 4.05. The lowest BCUT2D eigenvalue weighted by Crippen LogP contribution is -2.10. The SMILES string of the molecule is Cc1c(C)n([C@H](C)c2ccccc2)c2nc(-c3cccs3)nc(N)c12. The summed E-state index contributed by atoms with van der Waals surface area (Å²) >= 11 is 1.63. The van der Waals surface area contributed by atoms with Crippen LogP contribution in [0.2, 0.25) is 0 Å². The summed E-state index contributed by atoms with van der Waals surface area (Å²) < 4.78 is 2.27. The van der Waals surface area contributed by atoms with Crippen LogP contribution in [0.4, 0.5) is 5.82 Å². The Balaban J connectivity index is 1.99. The first-order chi connectivity index (χ1) is 12.1. The molecule has 0 saturated carbocycles. The Morgan fingerprint density at radius 1 is 1.04 bits per heavy atom. The smallest absolute Gasteiger partial charge is 0.173 e. The summed E-state index contributed by atoms with van der Waals surface area (Å²) in [7, 11) is 0. The fourth-order valence-electron chi connectivity index (χ4n) is 3.39. The van der Waals surface area contributed by atoms with Crippen molar-refractivity contribution >= 4 is 28.2 Å². The fraction of sp³-hybridized carbons (Fsp3) is 0.200. The van der Waals surface area contributed by atoms with Crippen molar-refractivity contribution < 1.29 is 0 Å². The van der Waals surface area contributed by atoms with Crippen molar-refractivity contribution in [3.63, 3.8) is 0 Å². The van der Waals surface area contributed by atoms with Crippen molar-refractivity contribution in [2.24, 2.45) is 0 Å². The van der Waals surface area contributed by atoms with Crippen LogP contribution in [0.1, 0.15) is 29.8 Å². The van der Waals surface area contributed by atoms with Crippen LogP contribution >= 0.6 is 11.3 Å². The molecule has 4 rings (SSSR count). The standard InChI is InChI=1S/C20H20N4S/c1-12-13(2)24(14(3)15-8-5-4-6-9-15)20-17(12)18(21)22-19(23-20)16-10-7-11-25-16/h4-11,14H,1-3H3,(H2,21,22,23)/t14-/m1/s1. The molecule has 5 heteroatoms. The van der Waals surface area contributed by atoms with Crippen LogP contribution in [0.25, 0.3) is 21.7 Å². The number of fused-ring (bicyclic) bond motifs is 1. The number of nitrogens with zero attached hydrogens (tertiary/aromatic N) is 3. The van der Waals surface area contributed by atoms with Crippen LogP contribution in [0.3, 0.4) is 0 Å². The first-order valence-electron chi connectivity index (χ1n) is 8.31. The van der Waals surface area contributed by atoms with Gasteiger partial charge in [0, 0.05) is 5.69 Å². The van der Waals surface area contributed by atoms with Gasteiger partial charge in [0.15, 0.2) is 5.82 Å². The molecule has 0 fully saturated rings.